The molecule has 10 heteroatoms. The van der Waals surface area contributed by atoms with Crippen LogP contribution in [0.3, 0.4) is 0 Å². The van der Waals surface area contributed by atoms with Gasteiger partial charge in [0.05, 0.1) is 20.9 Å². The summed E-state index contributed by atoms with van der Waals surface area (Å²) < 4.78 is 26.2. The summed E-state index contributed by atoms with van der Waals surface area (Å²) >= 11 is 13.5. The normalized spacial score (nSPS) is 11.9. The van der Waals surface area contributed by atoms with Crippen LogP contribution in [0.15, 0.2) is 41.3 Å². The number of thiazole rings is 1. The third kappa shape index (κ3) is 6.70. The number of sulfone groups is 1. The van der Waals surface area contributed by atoms with E-state index in [4.69, 9.17) is 28.2 Å². The van der Waals surface area contributed by atoms with E-state index in [1.54, 1.807) is 17.0 Å². The third-order valence-electron chi connectivity index (χ3n) is 5.68. The van der Waals surface area contributed by atoms with Gasteiger partial charge >= 0.3 is 0 Å². The molecule has 0 aliphatic carbocycles. The summed E-state index contributed by atoms with van der Waals surface area (Å²) in [6, 6.07) is 9.80. The van der Waals surface area contributed by atoms with Gasteiger partial charge < -0.3 is 4.90 Å². The first-order chi connectivity index (χ1) is 16.1. The second kappa shape index (κ2) is 11.8. The number of rotatable bonds is 11. The van der Waals surface area contributed by atoms with Crippen LogP contribution in [-0.2, 0) is 14.6 Å². The number of anilines is 1. The largest absolute Gasteiger partial charge is 0.302 e. The molecule has 0 atom stereocenters. The van der Waals surface area contributed by atoms with E-state index in [-0.39, 0.29) is 29.4 Å². The van der Waals surface area contributed by atoms with Gasteiger partial charge in [0.2, 0.25) is 5.91 Å². The number of hydrogen-bond donors (Lipinski definition) is 0. The van der Waals surface area contributed by atoms with Crippen molar-refractivity contribution in [1.29, 1.82) is 0 Å². The van der Waals surface area contributed by atoms with Crippen LogP contribution in [-0.4, -0.2) is 56.1 Å². The highest BCUT2D eigenvalue weighted by Crippen LogP contribution is 2.33. The van der Waals surface area contributed by atoms with Crippen molar-refractivity contribution >= 4 is 65.6 Å². The molecule has 1 heterocycles. The van der Waals surface area contributed by atoms with Crippen LogP contribution < -0.4 is 4.90 Å². The van der Waals surface area contributed by atoms with Crippen molar-refractivity contribution in [2.75, 3.05) is 36.8 Å². The Hall–Kier alpha value is -1.71. The minimum Gasteiger partial charge on any atom is -0.302 e. The second-order valence-corrected chi connectivity index (χ2v) is 12.0. The van der Waals surface area contributed by atoms with Crippen LogP contribution >= 0.6 is 34.5 Å². The summed E-state index contributed by atoms with van der Waals surface area (Å²) in [5, 5.41) is 1.72. The third-order valence-corrected chi connectivity index (χ3v) is 8.99. The van der Waals surface area contributed by atoms with Crippen molar-refractivity contribution in [1.82, 2.24) is 9.88 Å². The molecule has 3 rings (SSSR count). The number of likely N-dealkylation sites (N-methyl/N-ethyl adjacent to an activating group) is 1. The SMILES string of the molecule is CCN(CC)CCN(C(=O)CCCS(=O)(=O)c1ccc(Cl)cc1)c1nc2c(C)cc(Cl)cc2s1. The van der Waals surface area contributed by atoms with E-state index in [0.29, 0.717) is 28.3 Å². The van der Waals surface area contributed by atoms with E-state index in [1.165, 1.54) is 23.5 Å². The van der Waals surface area contributed by atoms with Crippen LogP contribution in [0.2, 0.25) is 10.0 Å². The number of fused-ring (bicyclic) bond motifs is 1. The minimum atomic E-state index is -3.49. The van der Waals surface area contributed by atoms with Crippen molar-refractivity contribution < 1.29 is 13.2 Å². The molecule has 0 saturated heterocycles. The quantitative estimate of drug-likeness (QED) is 0.305. The number of halogens is 2. The van der Waals surface area contributed by atoms with Gasteiger partial charge in [-0.3, -0.25) is 9.69 Å². The lowest BCUT2D eigenvalue weighted by atomic mass is 10.2. The maximum absolute atomic E-state index is 13.3. The number of carbonyl (C=O) groups is 1. The molecule has 0 aliphatic rings. The molecule has 184 valence electrons. The fourth-order valence-electron chi connectivity index (χ4n) is 3.67. The molecule has 0 aliphatic heterocycles. The molecule has 0 bridgehead atoms. The Morgan fingerprint density at radius 2 is 1.71 bits per heavy atom. The van der Waals surface area contributed by atoms with Gasteiger partial charge in [-0.25, -0.2) is 13.4 Å². The molecule has 0 unspecified atom stereocenters. The lowest BCUT2D eigenvalue weighted by Gasteiger charge is -2.24. The van der Waals surface area contributed by atoms with Crippen molar-refractivity contribution in [3.63, 3.8) is 0 Å². The lowest BCUT2D eigenvalue weighted by molar-refractivity contribution is -0.118. The van der Waals surface area contributed by atoms with Crippen LogP contribution in [0.4, 0.5) is 5.13 Å². The zero-order chi connectivity index (χ0) is 24.9. The molecule has 1 amide bonds. The Morgan fingerprint density at radius 3 is 2.35 bits per heavy atom. The van der Waals surface area contributed by atoms with Crippen LogP contribution in [0.5, 0.6) is 0 Å². The predicted octanol–water partition coefficient (Wildman–Crippen LogP) is 5.84. The molecule has 34 heavy (non-hydrogen) atoms. The second-order valence-electron chi connectivity index (χ2n) is 8.01. The number of carbonyl (C=O) groups excluding carboxylic acids is 1. The number of amides is 1. The van der Waals surface area contributed by atoms with Crippen LogP contribution in [0, 0.1) is 6.92 Å². The number of aryl methyl sites for hydroxylation is 1. The Balaban J connectivity index is 1.77. The fraction of sp³-hybridized carbons (Fsp3) is 0.417. The number of hydrogen-bond acceptors (Lipinski definition) is 6. The van der Waals surface area contributed by atoms with E-state index in [9.17, 15) is 13.2 Å². The molecular weight excluding hydrogens is 513 g/mol. The van der Waals surface area contributed by atoms with Gasteiger partial charge in [0.15, 0.2) is 15.0 Å². The van der Waals surface area contributed by atoms with Gasteiger partial charge in [0.25, 0.3) is 0 Å². The summed E-state index contributed by atoms with van der Waals surface area (Å²) in [6.07, 6.45) is 0.335. The molecule has 0 N–H and O–H groups in total. The first kappa shape index (κ1) is 26.9. The molecule has 2 aromatic carbocycles. The van der Waals surface area contributed by atoms with Crippen molar-refractivity contribution in [3.8, 4) is 0 Å². The maximum Gasteiger partial charge on any atom is 0.228 e. The van der Waals surface area contributed by atoms with E-state index < -0.39 is 9.84 Å². The van der Waals surface area contributed by atoms with Crippen LogP contribution in [0.1, 0.15) is 32.3 Å². The van der Waals surface area contributed by atoms with Crippen LogP contribution in [0.25, 0.3) is 10.2 Å². The van der Waals surface area contributed by atoms with Gasteiger partial charge in [0, 0.05) is 29.6 Å². The highest BCUT2D eigenvalue weighted by molar-refractivity contribution is 7.91. The predicted molar refractivity (Wildman–Crippen MR) is 142 cm³/mol. The molecule has 1 aromatic heterocycles. The maximum atomic E-state index is 13.3. The Labute approximate surface area is 215 Å². The minimum absolute atomic E-state index is 0.112. The van der Waals surface area contributed by atoms with Crippen molar-refractivity contribution in [3.05, 3.63) is 52.0 Å². The van der Waals surface area contributed by atoms with Gasteiger partial charge in [-0.1, -0.05) is 48.4 Å². The zero-order valence-electron chi connectivity index (χ0n) is 19.6. The smallest absolute Gasteiger partial charge is 0.228 e. The number of nitrogens with zero attached hydrogens (tertiary/aromatic N) is 3. The highest BCUT2D eigenvalue weighted by atomic mass is 35.5. The first-order valence-corrected chi connectivity index (χ1v) is 14.4. The average Bonchev–Trinajstić information content (AvgIpc) is 3.21. The molecule has 0 spiro atoms. The van der Waals surface area contributed by atoms with Gasteiger partial charge in [0.1, 0.15) is 0 Å². The molecule has 3 aromatic rings. The summed E-state index contributed by atoms with van der Waals surface area (Å²) in [5.74, 6) is -0.250. The summed E-state index contributed by atoms with van der Waals surface area (Å²) in [6.45, 7) is 9.06. The van der Waals surface area contributed by atoms with E-state index in [1.807, 2.05) is 19.1 Å². The summed E-state index contributed by atoms with van der Waals surface area (Å²) in [4.78, 5) is 22.1. The Kier molecular flexibility index (Phi) is 9.34. The topological polar surface area (TPSA) is 70.6 Å². The summed E-state index contributed by atoms with van der Waals surface area (Å²) in [7, 11) is -3.49. The van der Waals surface area contributed by atoms with E-state index >= 15 is 0 Å². The molecular formula is C24H29Cl2N3O3S2. The van der Waals surface area contributed by atoms with Gasteiger partial charge in [-0.2, -0.15) is 0 Å². The molecule has 0 saturated carbocycles. The standard InChI is InChI=1S/C24H29Cl2N3O3S2/c1-4-28(5-2)12-13-29(24-27-23-17(3)15-19(26)16-21(23)33-24)22(30)7-6-14-34(31,32)20-10-8-18(25)9-11-20/h8-11,15-16H,4-7,12-14H2,1-3H3. The Morgan fingerprint density at radius 1 is 1.03 bits per heavy atom. The number of aromatic nitrogens is 1. The number of benzene rings is 2. The zero-order valence-corrected chi connectivity index (χ0v) is 22.7. The van der Waals surface area contributed by atoms with E-state index in [2.05, 4.69) is 18.7 Å². The monoisotopic (exact) mass is 541 g/mol. The lowest BCUT2D eigenvalue weighted by Crippen LogP contribution is -2.38. The first-order valence-electron chi connectivity index (χ1n) is 11.2. The highest BCUT2D eigenvalue weighted by Gasteiger charge is 2.22. The van der Waals surface area contributed by atoms with E-state index in [0.717, 1.165) is 28.9 Å². The van der Waals surface area contributed by atoms with Crippen molar-refractivity contribution in [2.24, 2.45) is 0 Å². The van der Waals surface area contributed by atoms with Gasteiger partial charge in [-0.05, 0) is 68.4 Å². The Bertz CT molecular complexity index is 1240. The molecule has 0 radical (unpaired) electrons. The summed E-state index contributed by atoms with van der Waals surface area (Å²) in [5.41, 5.74) is 1.78. The van der Waals surface area contributed by atoms with Gasteiger partial charge in [-0.15, -0.1) is 0 Å². The van der Waals surface area contributed by atoms with Crippen molar-refractivity contribution in [2.45, 2.75) is 38.5 Å². The average molecular weight is 543 g/mol. The molecule has 0 fully saturated rings. The fourth-order valence-corrected chi connectivity index (χ4v) is 6.57. The molecule has 6 nitrogen and oxygen atoms in total.